The Bertz CT molecular complexity index is 521. The lowest BCUT2D eigenvalue weighted by Crippen LogP contribution is -2.43. The SMILES string of the molecule is CCNC(=NCc1cccnc1OCC)NCC1(C)CCCS1.I. The average molecular weight is 464 g/mol. The smallest absolute Gasteiger partial charge is 0.218 e. The number of rotatable bonds is 7. The van der Waals surface area contributed by atoms with Crippen molar-refractivity contribution in [3.05, 3.63) is 23.9 Å². The van der Waals surface area contributed by atoms with Gasteiger partial charge in [0.15, 0.2) is 5.96 Å². The summed E-state index contributed by atoms with van der Waals surface area (Å²) in [4.78, 5) is 8.96. The van der Waals surface area contributed by atoms with Crippen LogP contribution in [0, 0.1) is 0 Å². The number of aromatic nitrogens is 1. The number of pyridine rings is 1. The van der Waals surface area contributed by atoms with Crippen molar-refractivity contribution in [1.29, 1.82) is 0 Å². The summed E-state index contributed by atoms with van der Waals surface area (Å²) in [6, 6.07) is 3.93. The van der Waals surface area contributed by atoms with E-state index in [1.165, 1.54) is 18.6 Å². The molecule has 1 unspecified atom stereocenters. The van der Waals surface area contributed by atoms with Crippen LogP contribution in [0.4, 0.5) is 0 Å². The fourth-order valence-corrected chi connectivity index (χ4v) is 3.81. The molecule has 0 saturated carbocycles. The Hall–Kier alpha value is -0.700. The van der Waals surface area contributed by atoms with Crippen LogP contribution in [0.2, 0.25) is 0 Å². The topological polar surface area (TPSA) is 58.5 Å². The Kier molecular flexibility index (Phi) is 9.80. The van der Waals surface area contributed by atoms with Crippen LogP contribution in [-0.4, -0.2) is 41.1 Å². The van der Waals surface area contributed by atoms with Gasteiger partial charge in [0.2, 0.25) is 5.88 Å². The molecular formula is C17H29IN4OS. The maximum Gasteiger partial charge on any atom is 0.218 e. The average Bonchev–Trinajstić information content (AvgIpc) is 2.99. The highest BCUT2D eigenvalue weighted by atomic mass is 127. The number of aliphatic imine (C=N–C) groups is 1. The maximum absolute atomic E-state index is 5.56. The normalized spacial score (nSPS) is 20.4. The minimum absolute atomic E-state index is 0. The number of hydrogen-bond donors (Lipinski definition) is 2. The number of nitrogens with one attached hydrogen (secondary N) is 2. The number of halogens is 1. The highest BCUT2D eigenvalue weighted by molar-refractivity contribution is 14.0. The number of guanidine groups is 1. The number of thioether (sulfide) groups is 1. The molecule has 1 aromatic rings. The lowest BCUT2D eigenvalue weighted by molar-refractivity contribution is 0.323. The van der Waals surface area contributed by atoms with E-state index in [9.17, 15) is 0 Å². The zero-order valence-electron chi connectivity index (χ0n) is 14.8. The molecule has 1 saturated heterocycles. The lowest BCUT2D eigenvalue weighted by Gasteiger charge is -2.24. The molecule has 2 rings (SSSR count). The Balaban J connectivity index is 0.00000288. The molecule has 0 amide bonds. The van der Waals surface area contributed by atoms with Crippen molar-refractivity contribution in [3.63, 3.8) is 0 Å². The molecule has 1 atom stereocenters. The minimum Gasteiger partial charge on any atom is -0.478 e. The molecule has 0 bridgehead atoms. The van der Waals surface area contributed by atoms with E-state index in [0.717, 1.165) is 24.6 Å². The van der Waals surface area contributed by atoms with E-state index >= 15 is 0 Å². The van der Waals surface area contributed by atoms with E-state index in [0.29, 0.717) is 23.8 Å². The molecular weight excluding hydrogens is 435 g/mol. The van der Waals surface area contributed by atoms with Gasteiger partial charge >= 0.3 is 0 Å². The third kappa shape index (κ3) is 6.66. The van der Waals surface area contributed by atoms with Gasteiger partial charge in [0.1, 0.15) is 0 Å². The van der Waals surface area contributed by atoms with Crippen molar-refractivity contribution >= 4 is 41.7 Å². The second-order valence-corrected chi connectivity index (χ2v) is 7.53. The van der Waals surface area contributed by atoms with Crippen molar-refractivity contribution in [2.45, 2.75) is 44.9 Å². The molecule has 7 heteroatoms. The molecule has 2 heterocycles. The van der Waals surface area contributed by atoms with Crippen LogP contribution >= 0.6 is 35.7 Å². The quantitative estimate of drug-likeness (QED) is 0.368. The van der Waals surface area contributed by atoms with Crippen molar-refractivity contribution in [2.75, 3.05) is 25.4 Å². The first-order chi connectivity index (χ1) is 11.2. The van der Waals surface area contributed by atoms with Crippen LogP contribution in [0.1, 0.15) is 39.2 Å². The molecule has 0 radical (unpaired) electrons. The highest BCUT2D eigenvalue weighted by Gasteiger charge is 2.29. The van der Waals surface area contributed by atoms with Gasteiger partial charge in [-0.1, -0.05) is 6.07 Å². The predicted octanol–water partition coefficient (Wildman–Crippen LogP) is 3.44. The summed E-state index contributed by atoms with van der Waals surface area (Å²) in [6.07, 6.45) is 4.32. The fourth-order valence-electron chi connectivity index (χ4n) is 2.56. The molecule has 0 aliphatic carbocycles. The van der Waals surface area contributed by atoms with Gasteiger partial charge in [0, 0.05) is 29.6 Å². The van der Waals surface area contributed by atoms with Crippen LogP contribution in [-0.2, 0) is 6.54 Å². The zero-order valence-corrected chi connectivity index (χ0v) is 17.9. The van der Waals surface area contributed by atoms with Crippen LogP contribution in [0.5, 0.6) is 5.88 Å². The molecule has 0 spiro atoms. The van der Waals surface area contributed by atoms with E-state index in [2.05, 4.69) is 46.2 Å². The van der Waals surface area contributed by atoms with Crippen LogP contribution in [0.25, 0.3) is 0 Å². The van der Waals surface area contributed by atoms with Gasteiger partial charge < -0.3 is 15.4 Å². The molecule has 136 valence electrons. The third-order valence-electron chi connectivity index (χ3n) is 3.81. The Morgan fingerprint density at radius 3 is 2.92 bits per heavy atom. The second kappa shape index (κ2) is 11.0. The van der Waals surface area contributed by atoms with E-state index in [1.54, 1.807) is 6.20 Å². The van der Waals surface area contributed by atoms with Gasteiger partial charge in [-0.25, -0.2) is 9.98 Å². The fraction of sp³-hybridized carbons (Fsp3) is 0.647. The van der Waals surface area contributed by atoms with Crippen molar-refractivity contribution in [3.8, 4) is 5.88 Å². The van der Waals surface area contributed by atoms with Crippen molar-refractivity contribution < 1.29 is 4.74 Å². The molecule has 24 heavy (non-hydrogen) atoms. The van der Waals surface area contributed by atoms with Gasteiger partial charge in [-0.3, -0.25) is 0 Å². The number of ether oxygens (including phenoxy) is 1. The van der Waals surface area contributed by atoms with E-state index in [4.69, 9.17) is 4.74 Å². The second-order valence-electron chi connectivity index (χ2n) is 5.85. The Labute approximate surface area is 166 Å². The van der Waals surface area contributed by atoms with Crippen LogP contribution in [0.3, 0.4) is 0 Å². The Morgan fingerprint density at radius 1 is 1.42 bits per heavy atom. The van der Waals surface area contributed by atoms with Gasteiger partial charge in [0.05, 0.1) is 13.2 Å². The maximum atomic E-state index is 5.56. The minimum atomic E-state index is 0. The van der Waals surface area contributed by atoms with Crippen LogP contribution < -0.4 is 15.4 Å². The molecule has 1 aliphatic heterocycles. The summed E-state index contributed by atoms with van der Waals surface area (Å²) in [5.74, 6) is 2.79. The number of nitrogens with zero attached hydrogens (tertiary/aromatic N) is 2. The first-order valence-corrected chi connectivity index (χ1v) is 9.38. The molecule has 1 aromatic heterocycles. The summed E-state index contributed by atoms with van der Waals surface area (Å²) >= 11 is 2.05. The molecule has 1 fully saturated rings. The standard InChI is InChI=1S/C17H28N4OS.HI/c1-4-18-16(21-13-17(3)9-7-11-23-17)20-12-14-8-6-10-19-15(14)22-5-2;/h6,8,10H,4-5,7,9,11-13H2,1-3H3,(H2,18,20,21);1H. The molecule has 0 aromatic carbocycles. The summed E-state index contributed by atoms with van der Waals surface area (Å²) in [5.41, 5.74) is 1.01. The molecule has 2 N–H and O–H groups in total. The summed E-state index contributed by atoms with van der Waals surface area (Å²) in [6.45, 7) is 9.33. The zero-order chi connectivity index (χ0) is 16.5. The monoisotopic (exact) mass is 464 g/mol. The lowest BCUT2D eigenvalue weighted by atomic mass is 10.1. The van der Waals surface area contributed by atoms with Gasteiger partial charge in [-0.15, -0.1) is 24.0 Å². The predicted molar refractivity (Wildman–Crippen MR) is 114 cm³/mol. The highest BCUT2D eigenvalue weighted by Crippen LogP contribution is 2.36. The van der Waals surface area contributed by atoms with E-state index in [1.807, 2.05) is 19.1 Å². The first kappa shape index (κ1) is 21.3. The van der Waals surface area contributed by atoms with Crippen molar-refractivity contribution in [1.82, 2.24) is 15.6 Å². The molecule has 5 nitrogen and oxygen atoms in total. The van der Waals surface area contributed by atoms with Gasteiger partial charge in [-0.05, 0) is 45.4 Å². The van der Waals surface area contributed by atoms with Gasteiger partial charge in [-0.2, -0.15) is 11.8 Å². The van der Waals surface area contributed by atoms with Gasteiger partial charge in [0.25, 0.3) is 0 Å². The van der Waals surface area contributed by atoms with Crippen molar-refractivity contribution in [2.24, 2.45) is 4.99 Å². The van der Waals surface area contributed by atoms with E-state index in [-0.39, 0.29) is 24.0 Å². The van der Waals surface area contributed by atoms with E-state index < -0.39 is 0 Å². The van der Waals surface area contributed by atoms with Crippen LogP contribution in [0.15, 0.2) is 23.3 Å². The summed E-state index contributed by atoms with van der Waals surface area (Å²) in [7, 11) is 0. The first-order valence-electron chi connectivity index (χ1n) is 8.39. The summed E-state index contributed by atoms with van der Waals surface area (Å²) in [5, 5.41) is 6.80. The number of hydrogen-bond acceptors (Lipinski definition) is 4. The molecule has 1 aliphatic rings. The Morgan fingerprint density at radius 2 is 2.25 bits per heavy atom. The summed E-state index contributed by atoms with van der Waals surface area (Å²) < 4.78 is 5.88. The third-order valence-corrected chi connectivity index (χ3v) is 5.35. The largest absolute Gasteiger partial charge is 0.478 e.